The summed E-state index contributed by atoms with van der Waals surface area (Å²) >= 11 is 0. The van der Waals surface area contributed by atoms with E-state index in [-0.39, 0.29) is 5.82 Å². The first-order chi connectivity index (χ1) is 10.2. The number of hydrogen-bond acceptors (Lipinski definition) is 0. The van der Waals surface area contributed by atoms with Crippen LogP contribution in [0.2, 0.25) is 0 Å². The monoisotopic (exact) mass is 292 g/mol. The Morgan fingerprint density at radius 2 is 1.95 bits per heavy atom. The van der Waals surface area contributed by atoms with Gasteiger partial charge in [0.2, 0.25) is 0 Å². The SMILES string of the molecule is CCCC[C@H]1CC[C@H](c2ccc(C/C=C/F)c(F)c2)CC1. The van der Waals surface area contributed by atoms with Crippen molar-refractivity contribution in [1.82, 2.24) is 0 Å². The standard InChI is InChI=1S/C19H26F2/c1-2-3-5-15-7-9-16(10-8-15)18-12-11-17(6-4-13-20)19(21)14-18/h4,11-16H,2-3,5-10H2,1H3/b13-4+/t15-,16-. The minimum atomic E-state index is -0.196. The van der Waals surface area contributed by atoms with Gasteiger partial charge in [-0.05, 0) is 61.1 Å². The molecule has 0 saturated heterocycles. The lowest BCUT2D eigenvalue weighted by molar-refractivity contribution is 0.304. The van der Waals surface area contributed by atoms with Gasteiger partial charge in [-0.15, -0.1) is 0 Å². The van der Waals surface area contributed by atoms with Crippen molar-refractivity contribution in [3.63, 3.8) is 0 Å². The van der Waals surface area contributed by atoms with Crippen LogP contribution in [0.25, 0.3) is 0 Å². The van der Waals surface area contributed by atoms with Crippen molar-refractivity contribution >= 4 is 0 Å². The van der Waals surface area contributed by atoms with Crippen molar-refractivity contribution in [2.45, 2.75) is 64.2 Å². The van der Waals surface area contributed by atoms with E-state index < -0.39 is 0 Å². The minimum absolute atomic E-state index is 0.196. The van der Waals surface area contributed by atoms with Crippen molar-refractivity contribution in [2.24, 2.45) is 5.92 Å². The molecule has 1 fully saturated rings. The van der Waals surface area contributed by atoms with Crippen LogP contribution in [0.5, 0.6) is 0 Å². The molecule has 1 aliphatic carbocycles. The molecule has 1 aliphatic rings. The lowest BCUT2D eigenvalue weighted by atomic mass is 9.77. The highest BCUT2D eigenvalue weighted by Gasteiger charge is 2.22. The van der Waals surface area contributed by atoms with Crippen LogP contribution >= 0.6 is 0 Å². The van der Waals surface area contributed by atoms with Gasteiger partial charge in [-0.3, -0.25) is 0 Å². The average molecular weight is 292 g/mol. The number of unbranched alkanes of at least 4 members (excludes halogenated alkanes) is 1. The summed E-state index contributed by atoms with van der Waals surface area (Å²) in [6, 6.07) is 5.51. The maximum Gasteiger partial charge on any atom is 0.126 e. The van der Waals surface area contributed by atoms with E-state index in [2.05, 4.69) is 6.92 Å². The Labute approximate surface area is 127 Å². The third-order valence-electron chi connectivity index (χ3n) is 4.79. The second kappa shape index (κ2) is 8.31. The Hall–Kier alpha value is -1.18. The van der Waals surface area contributed by atoms with E-state index in [1.165, 1.54) is 51.0 Å². The smallest absolute Gasteiger partial charge is 0.126 e. The van der Waals surface area contributed by atoms with Crippen LogP contribution in [-0.4, -0.2) is 0 Å². The summed E-state index contributed by atoms with van der Waals surface area (Å²) < 4.78 is 26.0. The van der Waals surface area contributed by atoms with Crippen LogP contribution in [0.15, 0.2) is 30.6 Å². The van der Waals surface area contributed by atoms with Crippen LogP contribution in [0.4, 0.5) is 8.78 Å². The van der Waals surface area contributed by atoms with Crippen molar-refractivity contribution in [1.29, 1.82) is 0 Å². The molecule has 0 atom stereocenters. The van der Waals surface area contributed by atoms with Gasteiger partial charge in [-0.25, -0.2) is 8.78 Å². The quantitative estimate of drug-likeness (QED) is 0.576. The molecule has 0 amide bonds. The third-order valence-corrected chi connectivity index (χ3v) is 4.79. The third kappa shape index (κ3) is 4.66. The molecule has 0 aromatic heterocycles. The van der Waals surface area contributed by atoms with Crippen LogP contribution in [0.3, 0.4) is 0 Å². The Kier molecular flexibility index (Phi) is 6.41. The Morgan fingerprint density at radius 1 is 1.19 bits per heavy atom. The number of rotatable bonds is 6. The van der Waals surface area contributed by atoms with Gasteiger partial charge in [0, 0.05) is 0 Å². The van der Waals surface area contributed by atoms with Crippen LogP contribution in [0, 0.1) is 11.7 Å². The summed E-state index contributed by atoms with van der Waals surface area (Å²) in [5, 5.41) is 0. The van der Waals surface area contributed by atoms with E-state index in [4.69, 9.17) is 0 Å². The molecule has 1 aromatic rings. The molecule has 0 spiro atoms. The predicted molar refractivity (Wildman–Crippen MR) is 84.6 cm³/mol. The van der Waals surface area contributed by atoms with Crippen LogP contribution in [0.1, 0.15) is 68.9 Å². The highest BCUT2D eigenvalue weighted by atomic mass is 19.1. The Morgan fingerprint density at radius 3 is 2.57 bits per heavy atom. The molecule has 2 heteroatoms. The first kappa shape index (κ1) is 16.2. The summed E-state index contributed by atoms with van der Waals surface area (Å²) in [5.74, 6) is 1.18. The van der Waals surface area contributed by atoms with Gasteiger partial charge in [0.15, 0.2) is 0 Å². The van der Waals surface area contributed by atoms with E-state index in [9.17, 15) is 8.78 Å². The number of hydrogen-bond donors (Lipinski definition) is 0. The van der Waals surface area contributed by atoms with Crippen molar-refractivity contribution < 1.29 is 8.78 Å². The molecule has 0 N–H and O–H groups in total. The fourth-order valence-corrected chi connectivity index (χ4v) is 3.43. The molecule has 1 aromatic carbocycles. The van der Waals surface area contributed by atoms with Crippen molar-refractivity contribution in [2.75, 3.05) is 0 Å². The van der Waals surface area contributed by atoms with E-state index in [0.717, 1.165) is 11.5 Å². The first-order valence-electron chi connectivity index (χ1n) is 8.28. The molecule has 1 saturated carbocycles. The summed E-state index contributed by atoms with van der Waals surface area (Å²) in [6.07, 6.45) is 11.0. The summed E-state index contributed by atoms with van der Waals surface area (Å²) in [6.45, 7) is 2.24. The molecule has 0 radical (unpaired) electrons. The van der Waals surface area contributed by atoms with E-state index in [1.807, 2.05) is 12.1 Å². The zero-order valence-electron chi connectivity index (χ0n) is 13.0. The van der Waals surface area contributed by atoms with Crippen LogP contribution < -0.4 is 0 Å². The van der Waals surface area contributed by atoms with Gasteiger partial charge in [-0.2, -0.15) is 0 Å². The zero-order chi connectivity index (χ0) is 15.1. The second-order valence-electron chi connectivity index (χ2n) is 6.28. The maximum absolute atomic E-state index is 14.0. The summed E-state index contributed by atoms with van der Waals surface area (Å²) in [5.41, 5.74) is 1.69. The highest BCUT2D eigenvalue weighted by molar-refractivity contribution is 5.28. The van der Waals surface area contributed by atoms with E-state index >= 15 is 0 Å². The second-order valence-corrected chi connectivity index (χ2v) is 6.28. The molecular formula is C19H26F2. The fourth-order valence-electron chi connectivity index (χ4n) is 3.43. The molecule has 0 nitrogen and oxygen atoms in total. The van der Waals surface area contributed by atoms with E-state index in [1.54, 1.807) is 6.07 Å². The molecule has 21 heavy (non-hydrogen) atoms. The van der Waals surface area contributed by atoms with Crippen molar-refractivity contribution in [3.8, 4) is 0 Å². The number of allylic oxidation sites excluding steroid dienone is 1. The maximum atomic E-state index is 14.0. The van der Waals surface area contributed by atoms with Gasteiger partial charge in [-0.1, -0.05) is 44.4 Å². The van der Waals surface area contributed by atoms with Gasteiger partial charge >= 0.3 is 0 Å². The average Bonchev–Trinajstić information content (AvgIpc) is 2.52. The van der Waals surface area contributed by atoms with Crippen LogP contribution in [-0.2, 0) is 6.42 Å². The van der Waals surface area contributed by atoms with Gasteiger partial charge in [0.05, 0.1) is 6.33 Å². The minimum Gasteiger partial charge on any atom is -0.216 e. The van der Waals surface area contributed by atoms with Gasteiger partial charge < -0.3 is 0 Å². The lowest BCUT2D eigenvalue weighted by Crippen LogP contribution is -2.13. The van der Waals surface area contributed by atoms with E-state index in [0.29, 0.717) is 24.2 Å². The largest absolute Gasteiger partial charge is 0.216 e. The lowest BCUT2D eigenvalue weighted by Gasteiger charge is -2.29. The van der Waals surface area contributed by atoms with Gasteiger partial charge in [0.25, 0.3) is 0 Å². The topological polar surface area (TPSA) is 0 Å². The normalized spacial score (nSPS) is 22.8. The Bertz CT molecular complexity index is 457. The van der Waals surface area contributed by atoms with Gasteiger partial charge in [0.1, 0.15) is 5.82 Å². The van der Waals surface area contributed by atoms with Crippen molar-refractivity contribution in [3.05, 3.63) is 47.5 Å². The molecule has 2 rings (SSSR count). The summed E-state index contributed by atoms with van der Waals surface area (Å²) in [4.78, 5) is 0. The molecule has 0 unspecified atom stereocenters. The summed E-state index contributed by atoms with van der Waals surface area (Å²) in [7, 11) is 0. The number of benzene rings is 1. The molecule has 0 heterocycles. The predicted octanol–water partition coefficient (Wildman–Crippen LogP) is 6.32. The highest BCUT2D eigenvalue weighted by Crippen LogP contribution is 2.38. The Balaban J connectivity index is 1.92. The fraction of sp³-hybridized carbons (Fsp3) is 0.579. The molecular weight excluding hydrogens is 266 g/mol. The zero-order valence-corrected chi connectivity index (χ0v) is 13.0. The molecule has 0 aliphatic heterocycles. The molecule has 116 valence electrons. The first-order valence-corrected chi connectivity index (χ1v) is 8.28. The molecule has 0 bridgehead atoms. The number of halogens is 2.